The average Bonchev–Trinajstić information content (AvgIpc) is 3.27. The van der Waals surface area contributed by atoms with Crippen LogP contribution in [0.5, 0.6) is 5.75 Å². The molecule has 8 nitrogen and oxygen atoms in total. The van der Waals surface area contributed by atoms with Crippen LogP contribution in [0, 0.1) is 0 Å². The third-order valence-electron chi connectivity index (χ3n) is 4.57. The molecule has 1 N–H and O–H groups in total. The zero-order chi connectivity index (χ0) is 22.2. The van der Waals surface area contributed by atoms with E-state index in [0.717, 1.165) is 17.0 Å². The molecule has 1 aliphatic heterocycles. The summed E-state index contributed by atoms with van der Waals surface area (Å²) in [5, 5.41) is 4.84. The van der Waals surface area contributed by atoms with Crippen molar-refractivity contribution < 1.29 is 27.5 Å². The number of hydrogen-bond donors (Lipinski definition) is 1. The largest absolute Gasteiger partial charge is 0.573 e. The van der Waals surface area contributed by atoms with Gasteiger partial charge < -0.3 is 10.1 Å². The molecule has 31 heavy (non-hydrogen) atoms. The maximum atomic E-state index is 13.0. The SMILES string of the molecule is CC1(c2ccc(OC(F)(F)F)cc2)NC(=O)N(Cc2csc(-c3ncccn3)n2)C1=O. The maximum Gasteiger partial charge on any atom is 0.573 e. The molecule has 3 heterocycles. The summed E-state index contributed by atoms with van der Waals surface area (Å²) in [5.41, 5.74) is -0.636. The first kappa shape index (κ1) is 20.7. The van der Waals surface area contributed by atoms with Gasteiger partial charge in [0, 0.05) is 17.8 Å². The minimum atomic E-state index is -4.82. The zero-order valence-electron chi connectivity index (χ0n) is 15.9. The molecule has 1 aromatic carbocycles. The Labute approximate surface area is 177 Å². The number of thiazole rings is 1. The van der Waals surface area contributed by atoms with Crippen LogP contribution in [0.4, 0.5) is 18.0 Å². The summed E-state index contributed by atoms with van der Waals surface area (Å²) in [7, 11) is 0. The third-order valence-corrected chi connectivity index (χ3v) is 5.46. The zero-order valence-corrected chi connectivity index (χ0v) is 16.7. The number of nitrogens with zero attached hydrogens (tertiary/aromatic N) is 4. The van der Waals surface area contributed by atoms with Gasteiger partial charge in [-0.05, 0) is 30.7 Å². The van der Waals surface area contributed by atoms with Crippen LogP contribution in [0.15, 0.2) is 48.1 Å². The molecule has 1 atom stereocenters. The number of amides is 3. The molecule has 0 aliphatic carbocycles. The Morgan fingerprint density at radius 3 is 2.48 bits per heavy atom. The molecule has 0 saturated carbocycles. The van der Waals surface area contributed by atoms with Crippen LogP contribution in [0.1, 0.15) is 18.2 Å². The van der Waals surface area contributed by atoms with E-state index in [1.807, 2.05) is 0 Å². The number of ether oxygens (including phenoxy) is 1. The number of aromatic nitrogens is 3. The number of rotatable bonds is 5. The van der Waals surface area contributed by atoms with Crippen molar-refractivity contribution in [1.82, 2.24) is 25.2 Å². The quantitative estimate of drug-likeness (QED) is 0.599. The van der Waals surface area contributed by atoms with Crippen LogP contribution in [0.3, 0.4) is 0 Å². The van der Waals surface area contributed by atoms with Crippen molar-refractivity contribution in [2.24, 2.45) is 0 Å². The Hall–Kier alpha value is -3.54. The van der Waals surface area contributed by atoms with E-state index in [9.17, 15) is 22.8 Å². The van der Waals surface area contributed by atoms with Crippen LogP contribution >= 0.6 is 11.3 Å². The molecule has 0 bridgehead atoms. The van der Waals surface area contributed by atoms with Crippen LogP contribution in [0.25, 0.3) is 10.8 Å². The van der Waals surface area contributed by atoms with Crippen molar-refractivity contribution in [1.29, 1.82) is 0 Å². The maximum absolute atomic E-state index is 13.0. The number of hydrogen-bond acceptors (Lipinski definition) is 7. The van der Waals surface area contributed by atoms with E-state index in [1.165, 1.54) is 30.4 Å². The first-order valence-corrected chi connectivity index (χ1v) is 9.76. The van der Waals surface area contributed by atoms with Crippen molar-refractivity contribution in [3.05, 3.63) is 59.4 Å². The van der Waals surface area contributed by atoms with Gasteiger partial charge in [-0.1, -0.05) is 12.1 Å². The molecule has 0 radical (unpaired) electrons. The molecule has 1 aliphatic rings. The number of carbonyl (C=O) groups excluding carboxylic acids is 2. The smallest absolute Gasteiger partial charge is 0.406 e. The van der Waals surface area contributed by atoms with E-state index in [0.29, 0.717) is 22.1 Å². The minimum Gasteiger partial charge on any atom is -0.406 e. The van der Waals surface area contributed by atoms with Gasteiger partial charge in [-0.15, -0.1) is 24.5 Å². The third kappa shape index (κ3) is 4.19. The molecule has 160 valence electrons. The molecule has 0 spiro atoms. The minimum absolute atomic E-state index is 0.0706. The Bertz CT molecular complexity index is 1120. The number of benzene rings is 1. The summed E-state index contributed by atoms with van der Waals surface area (Å²) in [6.07, 6.45) is -1.66. The lowest BCUT2D eigenvalue weighted by atomic mass is 9.92. The Morgan fingerprint density at radius 1 is 1.16 bits per heavy atom. The normalized spacial score (nSPS) is 18.9. The topological polar surface area (TPSA) is 97.3 Å². The first-order chi connectivity index (χ1) is 14.7. The van der Waals surface area contributed by atoms with Gasteiger partial charge in [0.05, 0.1) is 12.2 Å². The van der Waals surface area contributed by atoms with Gasteiger partial charge in [-0.25, -0.2) is 19.7 Å². The molecule has 3 aromatic rings. The number of nitrogens with one attached hydrogen (secondary N) is 1. The van der Waals surface area contributed by atoms with Crippen LogP contribution in [-0.2, 0) is 16.9 Å². The van der Waals surface area contributed by atoms with Crippen molar-refractivity contribution >= 4 is 23.3 Å². The predicted molar refractivity (Wildman–Crippen MR) is 103 cm³/mol. The van der Waals surface area contributed by atoms with Crippen molar-refractivity contribution in [3.8, 4) is 16.6 Å². The van der Waals surface area contributed by atoms with Gasteiger partial charge in [-0.3, -0.25) is 9.69 Å². The Morgan fingerprint density at radius 2 is 1.84 bits per heavy atom. The summed E-state index contributed by atoms with van der Waals surface area (Å²) < 4.78 is 40.9. The van der Waals surface area contributed by atoms with Gasteiger partial charge in [0.1, 0.15) is 11.3 Å². The van der Waals surface area contributed by atoms with Gasteiger partial charge >= 0.3 is 12.4 Å². The number of urea groups is 1. The summed E-state index contributed by atoms with van der Waals surface area (Å²) in [6.45, 7) is 1.41. The molecule has 3 amide bonds. The Balaban J connectivity index is 1.51. The number of halogens is 3. The number of alkyl halides is 3. The summed E-state index contributed by atoms with van der Waals surface area (Å²) in [6, 6.07) is 5.82. The van der Waals surface area contributed by atoms with E-state index in [4.69, 9.17) is 0 Å². The van der Waals surface area contributed by atoms with E-state index < -0.39 is 29.6 Å². The fourth-order valence-corrected chi connectivity index (χ4v) is 3.84. The van der Waals surface area contributed by atoms with E-state index in [1.54, 1.807) is 23.8 Å². The van der Waals surface area contributed by atoms with Crippen LogP contribution in [0.2, 0.25) is 0 Å². The van der Waals surface area contributed by atoms with Crippen LogP contribution in [-0.4, -0.2) is 38.2 Å². The van der Waals surface area contributed by atoms with Gasteiger partial charge in [0.25, 0.3) is 5.91 Å². The lowest BCUT2D eigenvalue weighted by molar-refractivity contribution is -0.274. The Kier molecular flexibility index (Phi) is 5.09. The molecule has 2 aromatic heterocycles. The number of imide groups is 1. The second-order valence-corrected chi connectivity index (χ2v) is 7.59. The molecule has 1 unspecified atom stereocenters. The van der Waals surface area contributed by atoms with Gasteiger partial charge in [0.2, 0.25) is 0 Å². The van der Waals surface area contributed by atoms with Gasteiger partial charge in [-0.2, -0.15) is 0 Å². The fourth-order valence-electron chi connectivity index (χ4n) is 3.08. The lowest BCUT2D eigenvalue weighted by Gasteiger charge is -2.22. The fraction of sp³-hybridized carbons (Fsp3) is 0.211. The monoisotopic (exact) mass is 449 g/mol. The highest BCUT2D eigenvalue weighted by atomic mass is 32.1. The van der Waals surface area contributed by atoms with E-state index in [2.05, 4.69) is 25.0 Å². The second-order valence-electron chi connectivity index (χ2n) is 6.74. The van der Waals surface area contributed by atoms with Crippen molar-refractivity contribution in [3.63, 3.8) is 0 Å². The molecule has 12 heteroatoms. The predicted octanol–water partition coefficient (Wildman–Crippen LogP) is 3.47. The van der Waals surface area contributed by atoms with Crippen molar-refractivity contribution in [2.45, 2.75) is 25.4 Å². The highest BCUT2D eigenvalue weighted by Gasteiger charge is 2.49. The standard InChI is InChI=1S/C19H14F3N5O3S/c1-18(11-3-5-13(6-4-11)30-19(20,21)22)16(28)27(17(29)26-18)9-12-10-31-15(25-12)14-23-7-2-8-24-14/h2-8,10H,9H2,1H3,(H,26,29). The summed E-state index contributed by atoms with van der Waals surface area (Å²) >= 11 is 1.28. The van der Waals surface area contributed by atoms with Crippen LogP contribution < -0.4 is 10.1 Å². The molecular weight excluding hydrogens is 435 g/mol. The number of carbonyl (C=O) groups is 2. The summed E-state index contributed by atoms with van der Waals surface area (Å²) in [4.78, 5) is 39.1. The second kappa shape index (κ2) is 7.61. The molecular formula is C19H14F3N5O3S. The highest BCUT2D eigenvalue weighted by molar-refractivity contribution is 7.13. The van der Waals surface area contributed by atoms with E-state index in [-0.39, 0.29) is 6.54 Å². The lowest BCUT2D eigenvalue weighted by Crippen LogP contribution is -2.40. The van der Waals surface area contributed by atoms with E-state index >= 15 is 0 Å². The molecule has 4 rings (SSSR count). The van der Waals surface area contributed by atoms with Gasteiger partial charge in [0.15, 0.2) is 10.8 Å². The molecule has 1 fully saturated rings. The molecule has 1 saturated heterocycles. The first-order valence-electron chi connectivity index (χ1n) is 8.88. The summed E-state index contributed by atoms with van der Waals surface area (Å²) in [5.74, 6) is -0.541. The van der Waals surface area contributed by atoms with Crippen molar-refractivity contribution in [2.75, 3.05) is 0 Å². The average molecular weight is 449 g/mol. The highest BCUT2D eigenvalue weighted by Crippen LogP contribution is 2.32.